The minimum absolute atomic E-state index is 0.288. The molecule has 76 valence electrons. The molecule has 0 aliphatic carbocycles. The summed E-state index contributed by atoms with van der Waals surface area (Å²) < 4.78 is 0. The van der Waals surface area contributed by atoms with E-state index in [0.717, 1.165) is 38.6 Å². The molecule has 0 aromatic carbocycles. The van der Waals surface area contributed by atoms with E-state index in [1.807, 2.05) is 0 Å². The molecule has 0 saturated carbocycles. The van der Waals surface area contributed by atoms with Crippen molar-refractivity contribution >= 4 is 5.97 Å². The molecule has 0 spiro atoms. The van der Waals surface area contributed by atoms with Crippen molar-refractivity contribution in [2.24, 2.45) is 5.73 Å². The van der Waals surface area contributed by atoms with Crippen LogP contribution in [0.25, 0.3) is 0 Å². The molecule has 0 unspecified atom stereocenters. The zero-order valence-electron chi connectivity index (χ0n) is 8.04. The second-order valence-corrected chi connectivity index (χ2v) is 3.04. The summed E-state index contributed by atoms with van der Waals surface area (Å²) in [5, 5.41) is 8.35. The molecule has 0 aliphatic rings. The SMILES string of the molecule is NCCC/C=C/CCCCC(=O)O. The molecule has 0 bridgehead atoms. The van der Waals surface area contributed by atoms with Gasteiger partial charge in [-0.05, 0) is 38.6 Å². The molecule has 13 heavy (non-hydrogen) atoms. The van der Waals surface area contributed by atoms with Crippen LogP contribution in [0.4, 0.5) is 0 Å². The summed E-state index contributed by atoms with van der Waals surface area (Å²) in [6.07, 6.45) is 9.31. The predicted octanol–water partition coefficient (Wildman–Crippen LogP) is 1.93. The fourth-order valence-electron chi connectivity index (χ4n) is 1.01. The minimum Gasteiger partial charge on any atom is -0.481 e. The number of hydrogen-bond donors (Lipinski definition) is 2. The summed E-state index contributed by atoms with van der Waals surface area (Å²) in [4.78, 5) is 10.1. The van der Waals surface area contributed by atoms with E-state index in [1.54, 1.807) is 0 Å². The van der Waals surface area contributed by atoms with Gasteiger partial charge >= 0.3 is 5.97 Å². The van der Waals surface area contributed by atoms with Crippen LogP contribution in [-0.2, 0) is 4.79 Å². The first-order chi connectivity index (χ1) is 6.27. The lowest BCUT2D eigenvalue weighted by molar-refractivity contribution is -0.137. The van der Waals surface area contributed by atoms with E-state index in [1.165, 1.54) is 0 Å². The molecular formula is C10H19NO2. The Morgan fingerprint density at radius 1 is 1.15 bits per heavy atom. The highest BCUT2D eigenvalue weighted by Crippen LogP contribution is 2.01. The molecule has 0 rings (SSSR count). The van der Waals surface area contributed by atoms with Crippen LogP contribution in [0.3, 0.4) is 0 Å². The summed E-state index contributed by atoms with van der Waals surface area (Å²) in [5.74, 6) is -0.702. The van der Waals surface area contributed by atoms with E-state index in [9.17, 15) is 4.79 Å². The number of carboxylic acid groups (broad SMARTS) is 1. The predicted molar refractivity (Wildman–Crippen MR) is 53.5 cm³/mol. The molecule has 0 saturated heterocycles. The summed E-state index contributed by atoms with van der Waals surface area (Å²) in [5.41, 5.74) is 5.33. The number of hydrogen-bond acceptors (Lipinski definition) is 2. The maximum absolute atomic E-state index is 10.1. The number of carboxylic acids is 1. The Bertz CT molecular complexity index is 155. The molecule has 3 heteroatoms. The van der Waals surface area contributed by atoms with Crippen LogP contribution in [0.1, 0.15) is 38.5 Å². The highest BCUT2D eigenvalue weighted by molar-refractivity contribution is 5.66. The van der Waals surface area contributed by atoms with Gasteiger partial charge in [-0.2, -0.15) is 0 Å². The first kappa shape index (κ1) is 12.2. The van der Waals surface area contributed by atoms with E-state index >= 15 is 0 Å². The number of unbranched alkanes of at least 4 members (excludes halogenated alkanes) is 3. The van der Waals surface area contributed by atoms with Crippen molar-refractivity contribution in [3.8, 4) is 0 Å². The Morgan fingerprint density at radius 2 is 1.77 bits per heavy atom. The molecule has 0 aromatic rings. The maximum atomic E-state index is 10.1. The Kier molecular flexibility index (Phi) is 8.67. The fraction of sp³-hybridized carbons (Fsp3) is 0.700. The Balaban J connectivity index is 3.06. The van der Waals surface area contributed by atoms with E-state index < -0.39 is 5.97 Å². The Morgan fingerprint density at radius 3 is 2.31 bits per heavy atom. The quantitative estimate of drug-likeness (QED) is 0.448. The average Bonchev–Trinajstić information content (AvgIpc) is 2.09. The van der Waals surface area contributed by atoms with Gasteiger partial charge in [0.15, 0.2) is 0 Å². The van der Waals surface area contributed by atoms with Gasteiger partial charge in [0.1, 0.15) is 0 Å². The monoisotopic (exact) mass is 185 g/mol. The zero-order chi connectivity index (χ0) is 9.94. The molecular weight excluding hydrogens is 166 g/mol. The number of carbonyl (C=O) groups is 1. The van der Waals surface area contributed by atoms with Crippen molar-refractivity contribution < 1.29 is 9.90 Å². The third-order valence-corrected chi connectivity index (χ3v) is 1.75. The van der Waals surface area contributed by atoms with Crippen LogP contribution in [0.2, 0.25) is 0 Å². The van der Waals surface area contributed by atoms with Crippen LogP contribution >= 0.6 is 0 Å². The van der Waals surface area contributed by atoms with Gasteiger partial charge < -0.3 is 10.8 Å². The Labute approximate surface area is 79.6 Å². The lowest BCUT2D eigenvalue weighted by atomic mass is 10.2. The zero-order valence-corrected chi connectivity index (χ0v) is 8.04. The number of aliphatic carboxylic acids is 1. The number of rotatable bonds is 8. The molecule has 0 atom stereocenters. The van der Waals surface area contributed by atoms with Gasteiger partial charge in [-0.25, -0.2) is 0 Å². The topological polar surface area (TPSA) is 63.3 Å². The maximum Gasteiger partial charge on any atom is 0.303 e. The first-order valence-corrected chi connectivity index (χ1v) is 4.84. The standard InChI is InChI=1S/C10H19NO2/c11-9-7-5-3-1-2-4-6-8-10(12)13/h1,3H,2,4-9,11H2,(H,12,13)/b3-1+. The molecule has 0 radical (unpaired) electrons. The van der Waals surface area contributed by atoms with Gasteiger partial charge in [-0.3, -0.25) is 4.79 Å². The third-order valence-electron chi connectivity index (χ3n) is 1.75. The number of nitrogens with two attached hydrogens (primary N) is 1. The lowest BCUT2D eigenvalue weighted by Gasteiger charge is -1.93. The number of allylic oxidation sites excluding steroid dienone is 2. The van der Waals surface area contributed by atoms with Gasteiger partial charge in [-0.1, -0.05) is 12.2 Å². The van der Waals surface area contributed by atoms with Crippen molar-refractivity contribution in [2.75, 3.05) is 6.54 Å². The van der Waals surface area contributed by atoms with Gasteiger partial charge in [0.2, 0.25) is 0 Å². The van der Waals surface area contributed by atoms with E-state index in [-0.39, 0.29) is 6.42 Å². The van der Waals surface area contributed by atoms with Crippen molar-refractivity contribution in [3.05, 3.63) is 12.2 Å². The first-order valence-electron chi connectivity index (χ1n) is 4.84. The van der Waals surface area contributed by atoms with E-state index in [4.69, 9.17) is 10.8 Å². The summed E-state index contributed by atoms with van der Waals surface area (Å²) in [6.45, 7) is 0.739. The van der Waals surface area contributed by atoms with Crippen LogP contribution in [-0.4, -0.2) is 17.6 Å². The molecule has 0 fully saturated rings. The van der Waals surface area contributed by atoms with Crippen LogP contribution in [0.15, 0.2) is 12.2 Å². The van der Waals surface area contributed by atoms with Gasteiger partial charge in [0.05, 0.1) is 0 Å². The van der Waals surface area contributed by atoms with Crippen molar-refractivity contribution in [2.45, 2.75) is 38.5 Å². The summed E-state index contributed by atoms with van der Waals surface area (Å²) >= 11 is 0. The largest absolute Gasteiger partial charge is 0.481 e. The molecule has 3 nitrogen and oxygen atoms in total. The molecule has 0 amide bonds. The highest BCUT2D eigenvalue weighted by atomic mass is 16.4. The van der Waals surface area contributed by atoms with E-state index in [2.05, 4.69) is 12.2 Å². The Hall–Kier alpha value is -0.830. The molecule has 0 aromatic heterocycles. The van der Waals surface area contributed by atoms with Gasteiger partial charge in [0, 0.05) is 6.42 Å². The lowest BCUT2D eigenvalue weighted by Crippen LogP contribution is -1.96. The van der Waals surface area contributed by atoms with Crippen molar-refractivity contribution in [3.63, 3.8) is 0 Å². The average molecular weight is 185 g/mol. The van der Waals surface area contributed by atoms with Crippen LogP contribution in [0.5, 0.6) is 0 Å². The smallest absolute Gasteiger partial charge is 0.303 e. The van der Waals surface area contributed by atoms with Crippen molar-refractivity contribution in [1.82, 2.24) is 0 Å². The molecule has 0 aliphatic heterocycles. The summed E-state index contributed by atoms with van der Waals surface area (Å²) in [6, 6.07) is 0. The van der Waals surface area contributed by atoms with Gasteiger partial charge in [-0.15, -0.1) is 0 Å². The van der Waals surface area contributed by atoms with Crippen LogP contribution < -0.4 is 5.73 Å². The fourth-order valence-corrected chi connectivity index (χ4v) is 1.01. The molecule has 3 N–H and O–H groups in total. The molecule has 0 heterocycles. The van der Waals surface area contributed by atoms with Gasteiger partial charge in [0.25, 0.3) is 0 Å². The normalized spacial score (nSPS) is 10.8. The summed E-state index contributed by atoms with van der Waals surface area (Å²) in [7, 11) is 0. The van der Waals surface area contributed by atoms with E-state index in [0.29, 0.717) is 0 Å². The third kappa shape index (κ3) is 11.2. The minimum atomic E-state index is -0.702. The van der Waals surface area contributed by atoms with Crippen molar-refractivity contribution in [1.29, 1.82) is 0 Å². The highest BCUT2D eigenvalue weighted by Gasteiger charge is 1.93. The van der Waals surface area contributed by atoms with Crippen LogP contribution in [0, 0.1) is 0 Å². The second kappa shape index (κ2) is 9.26. The second-order valence-electron chi connectivity index (χ2n) is 3.04.